The summed E-state index contributed by atoms with van der Waals surface area (Å²) in [7, 11) is 0.959. The maximum atomic E-state index is 13.0. The van der Waals surface area contributed by atoms with Gasteiger partial charge in [0.25, 0.3) is 0 Å². The van der Waals surface area contributed by atoms with Gasteiger partial charge in [-0.25, -0.2) is 14.8 Å². The van der Waals surface area contributed by atoms with E-state index >= 15 is 0 Å². The molecule has 0 saturated carbocycles. The van der Waals surface area contributed by atoms with Gasteiger partial charge in [-0.05, 0) is 12.1 Å². The zero-order valence-corrected chi connectivity index (χ0v) is 12.9. The Morgan fingerprint density at radius 2 is 2.00 bits per heavy atom. The van der Waals surface area contributed by atoms with E-state index < -0.39 is 29.4 Å². The van der Waals surface area contributed by atoms with Crippen LogP contribution in [0.1, 0.15) is 16.1 Å². The number of hydrogen-bond acceptors (Lipinski definition) is 5. The van der Waals surface area contributed by atoms with Crippen molar-refractivity contribution in [2.45, 2.75) is 6.18 Å². The molecule has 0 aliphatic carbocycles. The first-order valence-corrected chi connectivity index (χ1v) is 6.73. The van der Waals surface area contributed by atoms with Gasteiger partial charge in [0.1, 0.15) is 5.56 Å². The van der Waals surface area contributed by atoms with Crippen LogP contribution in [-0.2, 0) is 10.9 Å². The second kappa shape index (κ2) is 6.59. The fourth-order valence-electron chi connectivity index (χ4n) is 1.64. The summed E-state index contributed by atoms with van der Waals surface area (Å²) in [5.41, 5.74) is -1.99. The molecule has 1 heterocycles. The summed E-state index contributed by atoms with van der Waals surface area (Å²) in [5, 5.41) is 2.83. The molecule has 10 heteroatoms. The third-order valence-electron chi connectivity index (χ3n) is 2.66. The summed E-state index contributed by atoms with van der Waals surface area (Å²) in [6.07, 6.45) is -4.14. The molecule has 0 spiro atoms. The molecule has 0 amide bonds. The normalized spacial score (nSPS) is 11.2. The maximum absolute atomic E-state index is 13.0. The number of anilines is 2. The molecule has 0 aliphatic heterocycles. The average Bonchev–Trinajstić information content (AvgIpc) is 2.50. The lowest BCUT2D eigenvalue weighted by molar-refractivity contribution is -0.141. The van der Waals surface area contributed by atoms with Crippen molar-refractivity contribution in [1.82, 2.24) is 9.97 Å². The van der Waals surface area contributed by atoms with E-state index in [2.05, 4.69) is 20.0 Å². The van der Waals surface area contributed by atoms with Crippen molar-refractivity contribution < 1.29 is 22.7 Å². The fraction of sp³-hybridized carbons (Fsp3) is 0.154. The lowest BCUT2D eigenvalue weighted by Crippen LogP contribution is -2.18. The number of ether oxygens (including phenoxy) is 1. The Bertz CT molecular complexity index is 754. The van der Waals surface area contributed by atoms with E-state index in [1.807, 2.05) is 0 Å². The molecule has 5 nitrogen and oxygen atoms in total. The van der Waals surface area contributed by atoms with Gasteiger partial charge >= 0.3 is 12.1 Å². The van der Waals surface area contributed by atoms with Crippen LogP contribution >= 0.6 is 23.2 Å². The van der Waals surface area contributed by atoms with Crippen molar-refractivity contribution in [2.24, 2.45) is 0 Å². The van der Waals surface area contributed by atoms with Gasteiger partial charge in [-0.2, -0.15) is 13.2 Å². The highest BCUT2D eigenvalue weighted by molar-refractivity contribution is 6.43. The number of carbonyl (C=O) groups excluding carboxylic acids is 1. The Morgan fingerprint density at radius 1 is 1.30 bits per heavy atom. The second-order valence-corrected chi connectivity index (χ2v) is 4.96. The molecule has 23 heavy (non-hydrogen) atoms. The minimum absolute atomic E-state index is 0.100. The summed E-state index contributed by atoms with van der Waals surface area (Å²) in [5.74, 6) is -1.58. The largest absolute Gasteiger partial charge is 0.465 e. The highest BCUT2D eigenvalue weighted by Gasteiger charge is 2.38. The molecule has 1 N–H and O–H groups in total. The number of hydrogen-bond donors (Lipinski definition) is 1. The van der Waals surface area contributed by atoms with Crippen molar-refractivity contribution in [1.29, 1.82) is 0 Å². The quantitative estimate of drug-likeness (QED) is 0.820. The summed E-state index contributed by atoms with van der Waals surface area (Å²) in [6, 6.07) is 4.54. The average molecular weight is 366 g/mol. The molecule has 1 aromatic heterocycles. The first-order valence-electron chi connectivity index (χ1n) is 5.97. The minimum atomic E-state index is -4.86. The molecule has 1 aromatic carbocycles. The SMILES string of the molecule is COC(=O)c1cnc(Nc2cccc(Cl)c2Cl)nc1C(F)(F)F. The van der Waals surface area contributed by atoms with Crippen LogP contribution in [0.5, 0.6) is 0 Å². The zero-order valence-electron chi connectivity index (χ0n) is 11.4. The number of benzene rings is 1. The van der Waals surface area contributed by atoms with Crippen LogP contribution in [0.3, 0.4) is 0 Å². The summed E-state index contributed by atoms with van der Waals surface area (Å²) in [4.78, 5) is 18.4. The monoisotopic (exact) mass is 365 g/mol. The summed E-state index contributed by atoms with van der Waals surface area (Å²) >= 11 is 11.7. The van der Waals surface area contributed by atoms with Crippen LogP contribution in [0.25, 0.3) is 0 Å². The van der Waals surface area contributed by atoms with Crippen molar-refractivity contribution in [3.8, 4) is 0 Å². The first kappa shape index (κ1) is 17.3. The molecule has 2 rings (SSSR count). The van der Waals surface area contributed by atoms with E-state index in [0.717, 1.165) is 13.3 Å². The number of esters is 1. The Labute approximate surface area is 138 Å². The third-order valence-corrected chi connectivity index (χ3v) is 3.48. The molecular formula is C13H8Cl2F3N3O2. The molecule has 0 fully saturated rings. The molecule has 0 atom stereocenters. The van der Waals surface area contributed by atoms with Crippen LogP contribution in [0.4, 0.5) is 24.8 Å². The number of carbonyl (C=O) groups is 1. The Morgan fingerprint density at radius 3 is 2.61 bits per heavy atom. The minimum Gasteiger partial charge on any atom is -0.465 e. The van der Waals surface area contributed by atoms with Crippen LogP contribution in [0.15, 0.2) is 24.4 Å². The van der Waals surface area contributed by atoms with Gasteiger partial charge in [-0.15, -0.1) is 0 Å². The highest BCUT2D eigenvalue weighted by Crippen LogP contribution is 2.33. The van der Waals surface area contributed by atoms with Gasteiger partial charge in [0, 0.05) is 6.20 Å². The van der Waals surface area contributed by atoms with E-state index in [0.29, 0.717) is 0 Å². The summed E-state index contributed by atoms with van der Waals surface area (Å²) < 4.78 is 43.4. The Kier molecular flexibility index (Phi) is 4.96. The fourth-order valence-corrected chi connectivity index (χ4v) is 1.99. The lowest BCUT2D eigenvalue weighted by atomic mass is 10.2. The highest BCUT2D eigenvalue weighted by atomic mass is 35.5. The standard InChI is InChI=1S/C13H8Cl2F3N3O2/c1-23-11(22)6-5-19-12(21-10(6)13(16,17)18)20-8-4-2-3-7(14)9(8)15/h2-5H,1H3,(H,19,20,21). The van der Waals surface area contributed by atoms with Crippen molar-refractivity contribution >= 4 is 40.8 Å². The maximum Gasteiger partial charge on any atom is 0.434 e. The van der Waals surface area contributed by atoms with E-state index in [-0.39, 0.29) is 15.7 Å². The number of halogens is 5. The number of nitrogens with zero attached hydrogens (tertiary/aromatic N) is 2. The Hall–Kier alpha value is -2.06. The molecule has 0 radical (unpaired) electrons. The molecule has 0 saturated heterocycles. The van der Waals surface area contributed by atoms with Crippen LogP contribution in [0, 0.1) is 0 Å². The lowest BCUT2D eigenvalue weighted by Gasteiger charge is -2.13. The zero-order chi connectivity index (χ0) is 17.2. The van der Waals surface area contributed by atoms with Crippen LogP contribution in [0.2, 0.25) is 10.0 Å². The van der Waals surface area contributed by atoms with Gasteiger partial charge in [-0.3, -0.25) is 0 Å². The van der Waals surface area contributed by atoms with E-state index in [9.17, 15) is 18.0 Å². The summed E-state index contributed by atoms with van der Waals surface area (Å²) in [6.45, 7) is 0. The first-order chi connectivity index (χ1) is 10.7. The van der Waals surface area contributed by atoms with Crippen molar-refractivity contribution in [3.63, 3.8) is 0 Å². The van der Waals surface area contributed by atoms with E-state index in [4.69, 9.17) is 23.2 Å². The molecular weight excluding hydrogens is 358 g/mol. The van der Waals surface area contributed by atoms with Crippen LogP contribution < -0.4 is 5.32 Å². The smallest absolute Gasteiger partial charge is 0.434 e. The van der Waals surface area contributed by atoms with Gasteiger partial charge in [0.15, 0.2) is 5.69 Å². The number of rotatable bonds is 3. The number of nitrogens with one attached hydrogen (secondary N) is 1. The third kappa shape index (κ3) is 3.83. The van der Waals surface area contributed by atoms with E-state index in [1.165, 1.54) is 12.1 Å². The van der Waals surface area contributed by atoms with Gasteiger partial charge < -0.3 is 10.1 Å². The van der Waals surface area contributed by atoms with Crippen molar-refractivity contribution in [2.75, 3.05) is 12.4 Å². The van der Waals surface area contributed by atoms with Crippen molar-refractivity contribution in [3.05, 3.63) is 45.7 Å². The van der Waals surface area contributed by atoms with Gasteiger partial charge in [0.2, 0.25) is 5.95 Å². The molecule has 0 aliphatic rings. The molecule has 0 unspecified atom stereocenters. The number of aromatic nitrogens is 2. The predicted octanol–water partition coefficient (Wildman–Crippen LogP) is 4.33. The molecule has 122 valence electrons. The molecule has 0 bridgehead atoms. The number of methoxy groups -OCH3 is 1. The van der Waals surface area contributed by atoms with Crippen LogP contribution in [-0.4, -0.2) is 23.0 Å². The topological polar surface area (TPSA) is 64.1 Å². The van der Waals surface area contributed by atoms with E-state index in [1.54, 1.807) is 6.07 Å². The van der Waals surface area contributed by atoms with Gasteiger partial charge in [0.05, 0.1) is 22.8 Å². The Balaban J connectivity index is 2.45. The number of alkyl halides is 3. The predicted molar refractivity (Wildman–Crippen MR) is 78.1 cm³/mol. The second-order valence-electron chi connectivity index (χ2n) is 4.17. The van der Waals surface area contributed by atoms with Gasteiger partial charge in [-0.1, -0.05) is 29.3 Å². The molecule has 2 aromatic rings.